The maximum absolute atomic E-state index is 9.56. The number of carbonyl (C=O) groups excluding carboxylic acids is 1. The zero-order valence-corrected chi connectivity index (χ0v) is 5.14. The van der Waals surface area contributed by atoms with Gasteiger partial charge in [0.15, 0.2) is 0 Å². The van der Waals surface area contributed by atoms with Crippen molar-refractivity contribution in [1.82, 2.24) is 0 Å². The zero-order chi connectivity index (χ0) is 6.41. The van der Waals surface area contributed by atoms with Crippen LogP contribution in [0.25, 0.3) is 0 Å². The first-order valence-electron chi connectivity index (χ1n) is 2.56. The van der Waals surface area contributed by atoms with Crippen LogP contribution < -0.4 is 0 Å². The Morgan fingerprint density at radius 1 is 1.88 bits per heavy atom. The first kappa shape index (κ1) is 7.12. The largest absolute Gasteiger partial charge is 0.240 e. The molecule has 0 rings (SSSR count). The number of allylic oxidation sites excluding steroid dienone is 2. The Bertz CT molecular complexity index is 131. The number of rotatable bonds is 2. The lowest BCUT2D eigenvalue weighted by atomic mass is 10.4. The molecule has 0 aliphatic carbocycles. The summed E-state index contributed by atoms with van der Waals surface area (Å²) in [5.41, 5.74) is 0.738. The second-order valence-corrected chi connectivity index (χ2v) is 1.46. The molecule has 0 N–H and O–H groups in total. The highest BCUT2D eigenvalue weighted by Gasteiger charge is 1.76. The second kappa shape index (κ2) is 4.28. The van der Waals surface area contributed by atoms with Crippen LogP contribution in [0.4, 0.5) is 0 Å². The monoisotopic (exact) mass is 111 g/mol. The number of hydrogen-bond donors (Lipinski definition) is 0. The summed E-state index contributed by atoms with van der Waals surface area (Å²) in [6, 6.07) is 0. The summed E-state index contributed by atoms with van der Waals surface area (Å²) in [5.74, 6) is 0. The van der Waals surface area contributed by atoms with Crippen LogP contribution in [0.2, 0.25) is 0 Å². The average molecular weight is 111 g/mol. The van der Waals surface area contributed by atoms with Gasteiger partial charge in [0, 0.05) is 5.70 Å². The van der Waals surface area contributed by atoms with Crippen LogP contribution in [0, 0.1) is 0 Å². The highest BCUT2D eigenvalue weighted by Crippen LogP contribution is 1.93. The van der Waals surface area contributed by atoms with Gasteiger partial charge in [-0.05, 0) is 13.3 Å². The summed E-state index contributed by atoms with van der Waals surface area (Å²) < 4.78 is 0. The van der Waals surface area contributed by atoms with Crippen molar-refractivity contribution in [3.8, 4) is 0 Å². The van der Waals surface area contributed by atoms with E-state index in [9.17, 15) is 4.79 Å². The summed E-state index contributed by atoms with van der Waals surface area (Å²) in [7, 11) is 0. The van der Waals surface area contributed by atoms with Gasteiger partial charge < -0.3 is 0 Å². The molecule has 2 nitrogen and oxygen atoms in total. The fourth-order valence-electron chi connectivity index (χ4n) is 0.413. The van der Waals surface area contributed by atoms with E-state index < -0.39 is 0 Å². The molecule has 0 unspecified atom stereocenters. The Balaban J connectivity index is 3.79. The molecule has 0 bridgehead atoms. The van der Waals surface area contributed by atoms with Crippen LogP contribution in [0.1, 0.15) is 20.3 Å². The fraction of sp³-hybridized carbons (Fsp3) is 0.500. The van der Waals surface area contributed by atoms with Crippen LogP contribution in [0.5, 0.6) is 0 Å². The third-order valence-corrected chi connectivity index (χ3v) is 0.722. The van der Waals surface area contributed by atoms with Gasteiger partial charge in [-0.25, -0.2) is 4.79 Å². The Morgan fingerprint density at radius 2 is 2.50 bits per heavy atom. The van der Waals surface area contributed by atoms with Gasteiger partial charge in [0.2, 0.25) is 6.08 Å². The Morgan fingerprint density at radius 3 is 2.88 bits per heavy atom. The summed E-state index contributed by atoms with van der Waals surface area (Å²) in [6.07, 6.45) is 4.24. The minimum atomic E-state index is 0.738. The molecule has 0 radical (unpaired) electrons. The summed E-state index contributed by atoms with van der Waals surface area (Å²) >= 11 is 0. The van der Waals surface area contributed by atoms with Gasteiger partial charge in [0.1, 0.15) is 0 Å². The number of hydrogen-bond acceptors (Lipinski definition) is 2. The fourth-order valence-corrected chi connectivity index (χ4v) is 0.413. The predicted octanol–water partition coefficient (Wildman–Crippen LogP) is 1.64. The zero-order valence-electron chi connectivity index (χ0n) is 5.14. The molecule has 0 aromatic heterocycles. The van der Waals surface area contributed by atoms with E-state index >= 15 is 0 Å². The molecule has 0 aromatic carbocycles. The smallest absolute Gasteiger partial charge is 0.211 e. The van der Waals surface area contributed by atoms with Gasteiger partial charge in [0.05, 0.1) is 0 Å². The quantitative estimate of drug-likeness (QED) is 0.393. The Labute approximate surface area is 48.9 Å². The molecule has 0 fully saturated rings. The third kappa shape index (κ3) is 3.32. The molecule has 0 heterocycles. The van der Waals surface area contributed by atoms with Crippen molar-refractivity contribution in [2.24, 2.45) is 4.99 Å². The van der Waals surface area contributed by atoms with E-state index in [1.54, 1.807) is 6.92 Å². The second-order valence-electron chi connectivity index (χ2n) is 1.46. The van der Waals surface area contributed by atoms with E-state index in [-0.39, 0.29) is 0 Å². The maximum atomic E-state index is 9.56. The molecule has 0 saturated carbocycles. The molecule has 44 valence electrons. The van der Waals surface area contributed by atoms with E-state index in [4.69, 9.17) is 0 Å². The van der Waals surface area contributed by atoms with Crippen LogP contribution in [0.15, 0.2) is 16.8 Å². The van der Waals surface area contributed by atoms with Crippen molar-refractivity contribution in [2.75, 3.05) is 0 Å². The molecule has 0 atom stereocenters. The molecular weight excluding hydrogens is 102 g/mol. The molecule has 0 spiro atoms. The van der Waals surface area contributed by atoms with Gasteiger partial charge in [0.25, 0.3) is 0 Å². The molecule has 0 aliphatic heterocycles. The van der Waals surface area contributed by atoms with Crippen LogP contribution in [-0.4, -0.2) is 6.08 Å². The number of isocyanates is 1. The average Bonchev–Trinajstić information content (AvgIpc) is 1.68. The van der Waals surface area contributed by atoms with Crippen molar-refractivity contribution in [3.63, 3.8) is 0 Å². The third-order valence-electron chi connectivity index (χ3n) is 0.722. The number of aliphatic imine (C=N–C) groups is 1. The highest BCUT2D eigenvalue weighted by molar-refractivity contribution is 5.36. The Kier molecular flexibility index (Phi) is 3.81. The van der Waals surface area contributed by atoms with Crippen molar-refractivity contribution >= 4 is 6.08 Å². The van der Waals surface area contributed by atoms with E-state index in [0.717, 1.165) is 12.1 Å². The Hall–Kier alpha value is -0.880. The normalized spacial score (nSPS) is 10.5. The van der Waals surface area contributed by atoms with Crippen molar-refractivity contribution in [1.29, 1.82) is 0 Å². The molecular formula is C6H9NO. The lowest BCUT2D eigenvalue weighted by Crippen LogP contribution is -1.65. The van der Waals surface area contributed by atoms with Crippen LogP contribution in [0.3, 0.4) is 0 Å². The molecule has 0 amide bonds. The summed E-state index contributed by atoms with van der Waals surface area (Å²) in [6.45, 7) is 3.76. The maximum Gasteiger partial charge on any atom is 0.240 e. The van der Waals surface area contributed by atoms with Crippen molar-refractivity contribution in [2.45, 2.75) is 20.3 Å². The summed E-state index contributed by atoms with van der Waals surface area (Å²) in [5, 5.41) is 0. The van der Waals surface area contributed by atoms with E-state index in [1.165, 1.54) is 6.08 Å². The first-order valence-corrected chi connectivity index (χ1v) is 2.56. The lowest BCUT2D eigenvalue weighted by Gasteiger charge is -1.81. The highest BCUT2D eigenvalue weighted by atomic mass is 16.1. The van der Waals surface area contributed by atoms with E-state index in [0.29, 0.717) is 0 Å². The molecule has 0 saturated heterocycles. The van der Waals surface area contributed by atoms with Crippen molar-refractivity contribution in [3.05, 3.63) is 11.8 Å². The van der Waals surface area contributed by atoms with Gasteiger partial charge in [-0.15, -0.1) is 0 Å². The predicted molar refractivity (Wildman–Crippen MR) is 32.2 cm³/mol. The minimum absolute atomic E-state index is 0.738. The standard InChI is InChI=1S/C6H9NO/c1-3-4-6(2)7-5-8/h4H,3H2,1-2H3/b6-4+. The molecule has 0 aromatic rings. The van der Waals surface area contributed by atoms with Gasteiger partial charge in [-0.3, -0.25) is 0 Å². The van der Waals surface area contributed by atoms with Crippen LogP contribution in [-0.2, 0) is 4.79 Å². The lowest BCUT2D eigenvalue weighted by molar-refractivity contribution is 0.564. The topological polar surface area (TPSA) is 29.4 Å². The van der Waals surface area contributed by atoms with Crippen molar-refractivity contribution < 1.29 is 4.79 Å². The van der Waals surface area contributed by atoms with E-state index in [1.807, 2.05) is 13.0 Å². The minimum Gasteiger partial charge on any atom is -0.211 e. The summed E-state index contributed by atoms with van der Waals surface area (Å²) in [4.78, 5) is 12.9. The molecule has 8 heavy (non-hydrogen) atoms. The van der Waals surface area contributed by atoms with E-state index in [2.05, 4.69) is 4.99 Å². The molecule has 2 heteroatoms. The first-order chi connectivity index (χ1) is 3.81. The molecule has 0 aliphatic rings. The SMILES string of the molecule is CC/C=C(\C)N=C=O. The van der Waals surface area contributed by atoms with Gasteiger partial charge >= 0.3 is 0 Å². The van der Waals surface area contributed by atoms with Gasteiger partial charge in [-0.1, -0.05) is 13.0 Å². The van der Waals surface area contributed by atoms with Crippen LogP contribution >= 0.6 is 0 Å². The number of nitrogens with zero attached hydrogens (tertiary/aromatic N) is 1. The van der Waals surface area contributed by atoms with Gasteiger partial charge in [-0.2, -0.15) is 4.99 Å².